The zero-order chi connectivity index (χ0) is 20.8. The van der Waals surface area contributed by atoms with E-state index in [0.717, 1.165) is 16.9 Å². The van der Waals surface area contributed by atoms with Crippen LogP contribution in [0.1, 0.15) is 30.3 Å². The van der Waals surface area contributed by atoms with Crippen molar-refractivity contribution in [1.82, 2.24) is 10.3 Å². The molecule has 1 aliphatic heterocycles. The first-order valence-electron chi connectivity index (χ1n) is 9.18. The number of amidine groups is 1. The first-order chi connectivity index (χ1) is 13.9. The highest BCUT2D eigenvalue weighted by Crippen LogP contribution is 2.39. The van der Waals surface area contributed by atoms with Gasteiger partial charge >= 0.3 is 0 Å². The predicted octanol–water partition coefficient (Wildman–Crippen LogP) is 3.45. The van der Waals surface area contributed by atoms with E-state index in [1.165, 1.54) is 30.6 Å². The molecule has 1 aliphatic rings. The summed E-state index contributed by atoms with van der Waals surface area (Å²) >= 11 is 1.31. The van der Waals surface area contributed by atoms with E-state index in [4.69, 9.17) is 9.47 Å². The number of nitrogens with one attached hydrogen (secondary N) is 1. The Labute approximate surface area is 174 Å². The van der Waals surface area contributed by atoms with E-state index in [1.54, 1.807) is 0 Å². The SMILES string of the molecule is CC(=O)NC1=NN(C(C)=O)[C@@H](c2cccc(OCCOc3ccccc3C)c2)S1. The molecule has 0 fully saturated rings. The van der Waals surface area contributed by atoms with Crippen molar-refractivity contribution >= 4 is 28.7 Å². The molecular formula is C21H23N3O4S. The summed E-state index contributed by atoms with van der Waals surface area (Å²) in [5.74, 6) is 1.08. The summed E-state index contributed by atoms with van der Waals surface area (Å²) in [5, 5.41) is 8.23. The Bertz CT molecular complexity index is 932. The lowest BCUT2D eigenvalue weighted by Crippen LogP contribution is -2.25. The first kappa shape index (κ1) is 20.7. The molecule has 0 saturated carbocycles. The number of hydrogen-bond acceptors (Lipinski definition) is 6. The molecule has 152 valence electrons. The third kappa shape index (κ3) is 5.51. The van der Waals surface area contributed by atoms with Gasteiger partial charge in [0.15, 0.2) is 5.17 Å². The van der Waals surface area contributed by atoms with Crippen molar-refractivity contribution in [2.45, 2.75) is 26.1 Å². The molecule has 2 amide bonds. The first-order valence-corrected chi connectivity index (χ1v) is 10.1. The number of carbonyl (C=O) groups excluding carboxylic acids is 2. The smallest absolute Gasteiger partial charge is 0.241 e. The molecule has 0 bridgehead atoms. The third-order valence-corrected chi connectivity index (χ3v) is 5.20. The van der Waals surface area contributed by atoms with Crippen LogP contribution in [-0.4, -0.2) is 35.2 Å². The lowest BCUT2D eigenvalue weighted by Gasteiger charge is -2.19. The van der Waals surface area contributed by atoms with E-state index in [9.17, 15) is 9.59 Å². The normalized spacial score (nSPS) is 15.6. The summed E-state index contributed by atoms with van der Waals surface area (Å²) in [6, 6.07) is 15.3. The van der Waals surface area contributed by atoms with Crippen molar-refractivity contribution < 1.29 is 19.1 Å². The van der Waals surface area contributed by atoms with E-state index in [1.807, 2.05) is 55.5 Å². The number of benzene rings is 2. The fourth-order valence-electron chi connectivity index (χ4n) is 2.77. The quantitative estimate of drug-likeness (QED) is 0.734. The average Bonchev–Trinajstić information content (AvgIpc) is 3.10. The maximum absolute atomic E-state index is 12.0. The number of thioether (sulfide) groups is 1. The van der Waals surface area contributed by atoms with Gasteiger partial charge in [0.2, 0.25) is 11.8 Å². The highest BCUT2D eigenvalue weighted by molar-refractivity contribution is 8.14. The second-order valence-corrected chi connectivity index (χ2v) is 7.52. The molecular weight excluding hydrogens is 390 g/mol. The van der Waals surface area contributed by atoms with Gasteiger partial charge in [-0.1, -0.05) is 42.1 Å². The number of nitrogens with zero attached hydrogens (tertiary/aromatic N) is 2. The zero-order valence-corrected chi connectivity index (χ0v) is 17.4. The molecule has 0 spiro atoms. The minimum atomic E-state index is -0.360. The molecule has 7 nitrogen and oxygen atoms in total. The number of hydrogen-bond donors (Lipinski definition) is 1. The molecule has 1 atom stereocenters. The van der Waals surface area contributed by atoms with Crippen LogP contribution in [0.5, 0.6) is 11.5 Å². The second-order valence-electron chi connectivity index (χ2n) is 6.46. The number of amides is 2. The molecule has 0 saturated heterocycles. The zero-order valence-electron chi connectivity index (χ0n) is 16.5. The minimum Gasteiger partial charge on any atom is -0.490 e. The summed E-state index contributed by atoms with van der Waals surface area (Å²) in [4.78, 5) is 23.3. The Kier molecular flexibility index (Phi) is 6.77. The van der Waals surface area contributed by atoms with Crippen LogP contribution in [0.2, 0.25) is 0 Å². The lowest BCUT2D eigenvalue weighted by atomic mass is 10.2. The maximum atomic E-state index is 12.0. The molecule has 1 heterocycles. The van der Waals surface area contributed by atoms with Gasteiger partial charge in [-0.25, -0.2) is 5.01 Å². The highest BCUT2D eigenvalue weighted by atomic mass is 32.2. The number of hydrazone groups is 1. The molecule has 0 radical (unpaired) electrons. The van der Waals surface area contributed by atoms with E-state index in [2.05, 4.69) is 10.4 Å². The van der Waals surface area contributed by atoms with Crippen LogP contribution in [0.15, 0.2) is 53.6 Å². The van der Waals surface area contributed by atoms with Crippen molar-refractivity contribution in [3.63, 3.8) is 0 Å². The Hall–Kier alpha value is -3.00. The minimum absolute atomic E-state index is 0.208. The van der Waals surface area contributed by atoms with Crippen LogP contribution in [0, 0.1) is 6.92 Å². The Balaban J connectivity index is 1.61. The van der Waals surface area contributed by atoms with Crippen molar-refractivity contribution in [3.8, 4) is 11.5 Å². The maximum Gasteiger partial charge on any atom is 0.241 e. The van der Waals surface area contributed by atoms with Gasteiger partial charge in [-0.2, -0.15) is 0 Å². The van der Waals surface area contributed by atoms with Crippen LogP contribution in [0.25, 0.3) is 0 Å². The number of carbonyl (C=O) groups is 2. The Morgan fingerprint density at radius 3 is 2.59 bits per heavy atom. The number of para-hydroxylation sites is 1. The highest BCUT2D eigenvalue weighted by Gasteiger charge is 2.32. The monoisotopic (exact) mass is 413 g/mol. The fourth-order valence-corrected chi connectivity index (χ4v) is 3.89. The van der Waals surface area contributed by atoms with E-state index < -0.39 is 0 Å². The van der Waals surface area contributed by atoms with E-state index in [0.29, 0.717) is 24.1 Å². The Morgan fingerprint density at radius 1 is 1.10 bits per heavy atom. The standard InChI is InChI=1S/C21H23N3O4S/c1-14-7-4-5-10-19(14)28-12-11-27-18-9-6-8-17(13-18)20-24(16(3)26)23-21(29-20)22-15(2)25/h4-10,13,20H,11-12H2,1-3H3,(H,22,23,25)/t20-/m1/s1. The summed E-state index contributed by atoms with van der Waals surface area (Å²) < 4.78 is 11.6. The van der Waals surface area contributed by atoms with Crippen LogP contribution >= 0.6 is 11.8 Å². The van der Waals surface area contributed by atoms with Gasteiger partial charge in [-0.05, 0) is 36.2 Å². The van der Waals surface area contributed by atoms with Crippen LogP contribution < -0.4 is 14.8 Å². The van der Waals surface area contributed by atoms with Gasteiger partial charge < -0.3 is 14.8 Å². The van der Waals surface area contributed by atoms with Crippen molar-refractivity contribution in [2.24, 2.45) is 5.10 Å². The van der Waals surface area contributed by atoms with Crippen molar-refractivity contribution in [1.29, 1.82) is 0 Å². The molecule has 29 heavy (non-hydrogen) atoms. The molecule has 0 aromatic heterocycles. The van der Waals surface area contributed by atoms with Crippen LogP contribution in [0.4, 0.5) is 0 Å². The summed E-state index contributed by atoms with van der Waals surface area (Å²) in [6.07, 6.45) is 0. The average molecular weight is 413 g/mol. The van der Waals surface area contributed by atoms with Gasteiger partial charge in [0.05, 0.1) is 0 Å². The van der Waals surface area contributed by atoms with Gasteiger partial charge in [0.1, 0.15) is 30.1 Å². The summed E-state index contributed by atoms with van der Waals surface area (Å²) in [7, 11) is 0. The van der Waals surface area contributed by atoms with Gasteiger partial charge in [-0.3, -0.25) is 9.59 Å². The summed E-state index contributed by atoms with van der Waals surface area (Å²) in [6.45, 7) is 5.65. The van der Waals surface area contributed by atoms with Crippen molar-refractivity contribution in [3.05, 3.63) is 59.7 Å². The molecule has 1 N–H and O–H groups in total. The lowest BCUT2D eigenvalue weighted by molar-refractivity contribution is -0.129. The molecule has 8 heteroatoms. The molecule has 0 aliphatic carbocycles. The topological polar surface area (TPSA) is 80.2 Å². The summed E-state index contributed by atoms with van der Waals surface area (Å²) in [5.41, 5.74) is 1.93. The number of ether oxygens (including phenoxy) is 2. The molecule has 3 rings (SSSR count). The Morgan fingerprint density at radius 2 is 1.86 bits per heavy atom. The van der Waals surface area contributed by atoms with E-state index in [-0.39, 0.29) is 17.2 Å². The largest absolute Gasteiger partial charge is 0.490 e. The van der Waals surface area contributed by atoms with E-state index >= 15 is 0 Å². The van der Waals surface area contributed by atoms with Gasteiger partial charge in [-0.15, -0.1) is 5.10 Å². The predicted molar refractivity (Wildman–Crippen MR) is 113 cm³/mol. The van der Waals surface area contributed by atoms with Crippen LogP contribution in [0.3, 0.4) is 0 Å². The number of aryl methyl sites for hydroxylation is 1. The van der Waals surface area contributed by atoms with Crippen molar-refractivity contribution in [2.75, 3.05) is 13.2 Å². The molecule has 0 unspecified atom stereocenters. The third-order valence-electron chi connectivity index (χ3n) is 4.10. The number of rotatable bonds is 6. The van der Waals surface area contributed by atoms with Crippen LogP contribution in [-0.2, 0) is 9.59 Å². The second kappa shape index (κ2) is 9.47. The fraction of sp³-hybridized carbons (Fsp3) is 0.286. The molecule has 2 aromatic rings. The molecule has 2 aromatic carbocycles. The van der Waals surface area contributed by atoms with Gasteiger partial charge in [0, 0.05) is 13.8 Å². The van der Waals surface area contributed by atoms with Gasteiger partial charge in [0.25, 0.3) is 0 Å².